The number of rotatable bonds is 4. The molecule has 4 rings (SSSR count). The van der Waals surface area contributed by atoms with Crippen molar-refractivity contribution in [3.05, 3.63) is 70.8 Å². The van der Waals surface area contributed by atoms with Gasteiger partial charge in [-0.3, -0.25) is 4.57 Å². The van der Waals surface area contributed by atoms with Crippen molar-refractivity contribution in [1.29, 1.82) is 0 Å². The zero-order chi connectivity index (χ0) is 22.0. The molecule has 31 heavy (non-hydrogen) atoms. The fraction of sp³-hybridized carbons (Fsp3) is 0.250. The van der Waals surface area contributed by atoms with Crippen LogP contribution < -0.4 is 11.4 Å². The Labute approximate surface area is 175 Å². The Morgan fingerprint density at radius 2 is 1.71 bits per heavy atom. The maximum atomic E-state index is 12.3. The fourth-order valence-corrected chi connectivity index (χ4v) is 3.25. The van der Waals surface area contributed by atoms with Gasteiger partial charge in [0.1, 0.15) is 18.5 Å². The number of fused-ring (bicyclic) bond motifs is 1. The number of esters is 3. The first-order valence-electron chi connectivity index (χ1n) is 9.24. The minimum atomic E-state index is -1.19. The third-order valence-electron chi connectivity index (χ3n) is 4.66. The maximum Gasteiger partial charge on any atom is 0.351 e. The van der Waals surface area contributed by atoms with E-state index in [1.807, 2.05) is 0 Å². The Bertz CT molecular complexity index is 1100. The maximum absolute atomic E-state index is 12.3. The van der Waals surface area contributed by atoms with Crippen LogP contribution in [-0.4, -0.2) is 52.4 Å². The lowest BCUT2D eigenvalue weighted by Crippen LogP contribution is -2.43. The van der Waals surface area contributed by atoms with E-state index in [1.165, 1.54) is 12.3 Å². The molecular weight excluding hydrogens is 410 g/mol. The van der Waals surface area contributed by atoms with E-state index in [0.29, 0.717) is 5.56 Å². The third kappa shape index (κ3) is 4.31. The second-order valence-electron chi connectivity index (χ2n) is 6.71. The second-order valence-corrected chi connectivity index (χ2v) is 6.71. The lowest BCUT2D eigenvalue weighted by Gasteiger charge is -2.25. The Morgan fingerprint density at radius 3 is 2.39 bits per heavy atom. The van der Waals surface area contributed by atoms with Crippen LogP contribution in [0.2, 0.25) is 0 Å². The summed E-state index contributed by atoms with van der Waals surface area (Å²) in [6.45, 7) is -0.322. The van der Waals surface area contributed by atoms with Crippen molar-refractivity contribution in [2.45, 2.75) is 24.5 Å². The van der Waals surface area contributed by atoms with Gasteiger partial charge in [-0.1, -0.05) is 18.2 Å². The third-order valence-corrected chi connectivity index (χ3v) is 4.66. The molecule has 2 aliphatic rings. The van der Waals surface area contributed by atoms with Gasteiger partial charge in [0, 0.05) is 18.3 Å². The number of ether oxygens (including phenoxy) is 4. The molecule has 2 N–H and O–H groups in total. The number of hydrogen-bond donors (Lipinski definition) is 1. The molecular formula is C20H17N3O8. The van der Waals surface area contributed by atoms with Crippen LogP contribution in [0.3, 0.4) is 0 Å². The van der Waals surface area contributed by atoms with E-state index in [9.17, 15) is 19.2 Å². The van der Waals surface area contributed by atoms with Gasteiger partial charge >= 0.3 is 23.6 Å². The van der Waals surface area contributed by atoms with Crippen molar-refractivity contribution in [3.63, 3.8) is 0 Å². The van der Waals surface area contributed by atoms with Crippen LogP contribution in [0, 0.1) is 0 Å². The van der Waals surface area contributed by atoms with Gasteiger partial charge in [-0.25, -0.2) is 19.2 Å². The minimum absolute atomic E-state index is 0.00633. The molecule has 1 saturated heterocycles. The molecule has 2 aliphatic heterocycles. The highest BCUT2D eigenvalue weighted by Gasteiger charge is 2.51. The molecule has 0 amide bonds. The SMILES string of the molecule is Nc1ccn([C@@H]2O[C@H](COC(=O)c3ccccc3)[C@H]3OC(=O)/C=C\C(=O)O[C@H]32)c(=O)n1. The molecule has 0 spiro atoms. The van der Waals surface area contributed by atoms with Gasteiger partial charge < -0.3 is 24.7 Å². The summed E-state index contributed by atoms with van der Waals surface area (Å²) in [5.74, 6) is -2.26. The molecule has 3 heterocycles. The number of carbonyl (C=O) groups excluding carboxylic acids is 3. The summed E-state index contributed by atoms with van der Waals surface area (Å²) >= 11 is 0. The van der Waals surface area contributed by atoms with E-state index in [0.717, 1.165) is 16.7 Å². The largest absolute Gasteiger partial charge is 0.459 e. The summed E-state index contributed by atoms with van der Waals surface area (Å²) < 4.78 is 22.9. The normalized spacial score (nSPS) is 26.1. The minimum Gasteiger partial charge on any atom is -0.459 e. The summed E-state index contributed by atoms with van der Waals surface area (Å²) in [7, 11) is 0. The predicted octanol–water partition coefficient (Wildman–Crippen LogP) is -0.0267. The Kier molecular flexibility index (Phi) is 5.50. The summed E-state index contributed by atoms with van der Waals surface area (Å²) in [6.07, 6.45) is -1.40. The average molecular weight is 427 g/mol. The average Bonchev–Trinajstić information content (AvgIpc) is 3.06. The van der Waals surface area contributed by atoms with E-state index in [4.69, 9.17) is 24.7 Å². The molecule has 2 aromatic rings. The lowest BCUT2D eigenvalue weighted by atomic mass is 10.1. The van der Waals surface area contributed by atoms with Crippen LogP contribution in [0.4, 0.5) is 5.82 Å². The number of carbonyl (C=O) groups is 3. The van der Waals surface area contributed by atoms with Crippen LogP contribution in [0.5, 0.6) is 0 Å². The molecule has 4 atom stereocenters. The number of nitrogen functional groups attached to an aromatic ring is 1. The quantitative estimate of drug-likeness (QED) is 0.521. The lowest BCUT2D eigenvalue weighted by molar-refractivity contribution is -0.164. The monoisotopic (exact) mass is 427 g/mol. The highest BCUT2D eigenvalue weighted by Crippen LogP contribution is 2.34. The molecule has 11 heteroatoms. The summed E-state index contributed by atoms with van der Waals surface area (Å²) in [5.41, 5.74) is 5.08. The van der Waals surface area contributed by atoms with Gasteiger partial charge in [-0.2, -0.15) is 4.98 Å². The van der Waals surface area contributed by atoms with E-state index in [-0.39, 0.29) is 12.4 Å². The standard InChI is InChI=1S/C20H17N3O8/c21-13-8-9-23(20(27)22-13)18-17-16(30-14(24)6-7-15(25)31-17)12(29-18)10-28-19(26)11-4-2-1-3-5-11/h1-9,12,16-18H,10H2,(H2,21,22,27)/b7-6-/t12-,16-,17-,18-/m1/s1. The molecule has 0 aliphatic carbocycles. The molecule has 0 unspecified atom stereocenters. The predicted molar refractivity (Wildman–Crippen MR) is 102 cm³/mol. The topological polar surface area (TPSA) is 149 Å². The zero-order valence-electron chi connectivity index (χ0n) is 16.0. The van der Waals surface area contributed by atoms with Crippen molar-refractivity contribution in [2.75, 3.05) is 12.3 Å². The van der Waals surface area contributed by atoms with Crippen LogP contribution in [-0.2, 0) is 28.5 Å². The van der Waals surface area contributed by atoms with E-state index in [2.05, 4.69) is 4.98 Å². The second kappa shape index (κ2) is 8.40. The van der Waals surface area contributed by atoms with Gasteiger partial charge in [0.25, 0.3) is 0 Å². The van der Waals surface area contributed by atoms with Gasteiger partial charge in [0.05, 0.1) is 5.56 Å². The molecule has 11 nitrogen and oxygen atoms in total. The van der Waals surface area contributed by atoms with E-state index >= 15 is 0 Å². The van der Waals surface area contributed by atoms with Crippen molar-refractivity contribution in [2.24, 2.45) is 0 Å². The Hall–Kier alpha value is -3.99. The molecule has 0 bridgehead atoms. The number of nitrogens with two attached hydrogens (primary N) is 1. The van der Waals surface area contributed by atoms with Crippen molar-refractivity contribution in [3.8, 4) is 0 Å². The number of hydrogen-bond acceptors (Lipinski definition) is 10. The summed E-state index contributed by atoms with van der Waals surface area (Å²) in [5, 5.41) is 0. The van der Waals surface area contributed by atoms with Crippen LogP contribution in [0.15, 0.2) is 59.5 Å². The first-order chi connectivity index (χ1) is 14.9. The fourth-order valence-electron chi connectivity index (χ4n) is 3.25. The van der Waals surface area contributed by atoms with Gasteiger partial charge in [-0.15, -0.1) is 0 Å². The Balaban J connectivity index is 1.61. The highest BCUT2D eigenvalue weighted by molar-refractivity contribution is 5.92. The van der Waals surface area contributed by atoms with E-state index in [1.54, 1.807) is 30.3 Å². The van der Waals surface area contributed by atoms with Crippen LogP contribution >= 0.6 is 0 Å². The smallest absolute Gasteiger partial charge is 0.351 e. The van der Waals surface area contributed by atoms with Gasteiger partial charge in [-0.05, 0) is 18.2 Å². The molecule has 1 aromatic carbocycles. The highest BCUT2D eigenvalue weighted by atomic mass is 16.7. The molecule has 0 saturated carbocycles. The van der Waals surface area contributed by atoms with Crippen LogP contribution in [0.1, 0.15) is 16.6 Å². The number of aromatic nitrogens is 2. The Morgan fingerprint density at radius 1 is 1.03 bits per heavy atom. The number of anilines is 1. The molecule has 1 aromatic heterocycles. The summed E-state index contributed by atoms with van der Waals surface area (Å²) in [4.78, 5) is 52.2. The molecule has 0 radical (unpaired) electrons. The molecule has 160 valence electrons. The van der Waals surface area contributed by atoms with Crippen molar-refractivity contribution < 1.29 is 33.3 Å². The first kappa shape index (κ1) is 20.3. The molecule has 1 fully saturated rings. The number of benzene rings is 1. The van der Waals surface area contributed by atoms with Crippen molar-refractivity contribution >= 4 is 23.7 Å². The van der Waals surface area contributed by atoms with Gasteiger partial charge in [0.2, 0.25) is 0 Å². The zero-order valence-corrected chi connectivity index (χ0v) is 16.0. The first-order valence-corrected chi connectivity index (χ1v) is 9.24. The number of nitrogens with zero attached hydrogens (tertiary/aromatic N) is 2. The van der Waals surface area contributed by atoms with Crippen LogP contribution in [0.25, 0.3) is 0 Å². The summed E-state index contributed by atoms with van der Waals surface area (Å²) in [6, 6.07) is 9.62. The van der Waals surface area contributed by atoms with Gasteiger partial charge in [0.15, 0.2) is 18.4 Å². The van der Waals surface area contributed by atoms with E-state index < -0.39 is 48.1 Å². The van der Waals surface area contributed by atoms with Crippen molar-refractivity contribution in [1.82, 2.24) is 9.55 Å².